The molecule has 2 aromatic rings. The highest BCUT2D eigenvalue weighted by Gasteiger charge is 2.38. The number of methoxy groups -OCH3 is 4. The topological polar surface area (TPSA) is 64.0 Å². The van der Waals surface area contributed by atoms with Crippen molar-refractivity contribution < 1.29 is 18.9 Å². The van der Waals surface area contributed by atoms with Gasteiger partial charge in [-0.2, -0.15) is 5.26 Å². The highest BCUT2D eigenvalue weighted by atomic mass is 16.5. The lowest BCUT2D eigenvalue weighted by Crippen LogP contribution is -2.43. The maximum absolute atomic E-state index is 10.3. The standard InChI is InChI=1S/C26H30N2O4/c1-29-22-10-8-17(13-24(22)31-3)20-15-19-7-5-6-12-28(19)21(16-27)26(20)18-9-11-23(30-2)25(14-18)32-4/h8-11,13-14,19-20H,5-7,12,15H2,1-4H3/t19-,20-/m1/s1. The summed E-state index contributed by atoms with van der Waals surface area (Å²) in [6.07, 6.45) is 4.37. The van der Waals surface area contributed by atoms with Crippen LogP contribution in [0.15, 0.2) is 42.1 Å². The smallest absolute Gasteiger partial charge is 0.161 e. The highest BCUT2D eigenvalue weighted by Crippen LogP contribution is 2.48. The number of allylic oxidation sites excluding steroid dienone is 2. The molecule has 2 aromatic carbocycles. The van der Waals surface area contributed by atoms with Crippen LogP contribution in [0.5, 0.6) is 23.0 Å². The number of fused-ring (bicyclic) bond motifs is 1. The number of hydrogen-bond donors (Lipinski definition) is 0. The zero-order valence-electron chi connectivity index (χ0n) is 19.2. The molecule has 168 valence electrons. The van der Waals surface area contributed by atoms with Crippen LogP contribution < -0.4 is 18.9 Å². The lowest BCUT2D eigenvalue weighted by atomic mass is 9.76. The van der Waals surface area contributed by atoms with E-state index in [1.165, 1.54) is 6.42 Å². The molecule has 6 nitrogen and oxygen atoms in total. The summed E-state index contributed by atoms with van der Waals surface area (Å²) >= 11 is 0. The molecule has 0 saturated carbocycles. The van der Waals surface area contributed by atoms with Gasteiger partial charge >= 0.3 is 0 Å². The van der Waals surface area contributed by atoms with E-state index >= 15 is 0 Å². The van der Waals surface area contributed by atoms with E-state index in [1.807, 2.05) is 30.3 Å². The maximum atomic E-state index is 10.3. The summed E-state index contributed by atoms with van der Waals surface area (Å²) in [4.78, 5) is 2.31. The van der Waals surface area contributed by atoms with Gasteiger partial charge < -0.3 is 23.8 Å². The van der Waals surface area contributed by atoms with E-state index in [1.54, 1.807) is 28.4 Å². The van der Waals surface area contributed by atoms with Crippen molar-refractivity contribution in [2.45, 2.75) is 37.6 Å². The molecule has 0 radical (unpaired) electrons. The van der Waals surface area contributed by atoms with Gasteiger partial charge in [0, 0.05) is 24.1 Å². The van der Waals surface area contributed by atoms with E-state index in [4.69, 9.17) is 18.9 Å². The molecule has 0 aliphatic carbocycles. The number of benzene rings is 2. The lowest BCUT2D eigenvalue weighted by molar-refractivity contribution is 0.177. The van der Waals surface area contributed by atoms with E-state index in [-0.39, 0.29) is 5.92 Å². The first-order valence-corrected chi connectivity index (χ1v) is 11.0. The fourth-order valence-corrected chi connectivity index (χ4v) is 5.09. The summed E-state index contributed by atoms with van der Waals surface area (Å²) in [6, 6.07) is 14.9. The molecular formula is C26H30N2O4. The fourth-order valence-electron chi connectivity index (χ4n) is 5.09. The van der Waals surface area contributed by atoms with Gasteiger partial charge in [-0.15, -0.1) is 0 Å². The van der Waals surface area contributed by atoms with Crippen LogP contribution in [-0.4, -0.2) is 45.9 Å². The Balaban J connectivity index is 1.90. The van der Waals surface area contributed by atoms with Gasteiger partial charge in [0.15, 0.2) is 23.0 Å². The minimum absolute atomic E-state index is 0.0573. The quantitative estimate of drug-likeness (QED) is 0.638. The molecule has 2 aliphatic heterocycles. The molecule has 2 heterocycles. The van der Waals surface area contributed by atoms with Crippen LogP contribution in [0.1, 0.15) is 42.7 Å². The van der Waals surface area contributed by atoms with Gasteiger partial charge in [-0.25, -0.2) is 0 Å². The minimum Gasteiger partial charge on any atom is -0.493 e. The Labute approximate surface area is 190 Å². The molecule has 1 fully saturated rings. The Bertz CT molecular complexity index is 1060. The summed E-state index contributed by atoms with van der Waals surface area (Å²) < 4.78 is 22.0. The van der Waals surface area contributed by atoms with Crippen molar-refractivity contribution in [2.24, 2.45) is 0 Å². The predicted octanol–water partition coefficient (Wildman–Crippen LogP) is 5.00. The molecule has 2 atom stereocenters. The van der Waals surface area contributed by atoms with Gasteiger partial charge in [-0.05, 0) is 61.1 Å². The molecule has 0 N–H and O–H groups in total. The molecule has 4 rings (SSSR count). The highest BCUT2D eigenvalue weighted by molar-refractivity contribution is 5.79. The number of rotatable bonds is 6. The second-order valence-electron chi connectivity index (χ2n) is 8.19. The Morgan fingerprint density at radius 3 is 2.16 bits per heavy atom. The monoisotopic (exact) mass is 434 g/mol. The van der Waals surface area contributed by atoms with Crippen LogP contribution >= 0.6 is 0 Å². The molecule has 0 aromatic heterocycles. The third-order valence-corrected chi connectivity index (χ3v) is 6.64. The van der Waals surface area contributed by atoms with Crippen LogP contribution in [0.3, 0.4) is 0 Å². The Morgan fingerprint density at radius 2 is 1.50 bits per heavy atom. The van der Waals surface area contributed by atoms with Gasteiger partial charge in [0.1, 0.15) is 11.8 Å². The van der Waals surface area contributed by atoms with Crippen LogP contribution in [0.2, 0.25) is 0 Å². The summed E-state index contributed by atoms with van der Waals surface area (Å²) in [7, 11) is 6.55. The predicted molar refractivity (Wildman–Crippen MR) is 123 cm³/mol. The van der Waals surface area contributed by atoms with E-state index < -0.39 is 0 Å². The van der Waals surface area contributed by atoms with E-state index in [0.29, 0.717) is 29.0 Å². The Hall–Kier alpha value is -3.33. The van der Waals surface area contributed by atoms with Crippen LogP contribution in [0.25, 0.3) is 5.57 Å². The lowest BCUT2D eigenvalue weighted by Gasteiger charge is -2.44. The zero-order chi connectivity index (χ0) is 22.7. The summed E-state index contributed by atoms with van der Waals surface area (Å²) in [5, 5.41) is 10.3. The Kier molecular flexibility index (Phi) is 6.45. The summed E-state index contributed by atoms with van der Waals surface area (Å²) in [5.74, 6) is 2.78. The largest absolute Gasteiger partial charge is 0.493 e. The average Bonchev–Trinajstić information content (AvgIpc) is 2.86. The van der Waals surface area contributed by atoms with Crippen LogP contribution in [0, 0.1) is 11.3 Å². The number of ether oxygens (including phenoxy) is 4. The molecule has 0 unspecified atom stereocenters. The van der Waals surface area contributed by atoms with Crippen molar-refractivity contribution in [3.05, 3.63) is 53.2 Å². The van der Waals surface area contributed by atoms with Crippen molar-refractivity contribution in [2.75, 3.05) is 35.0 Å². The normalized spacial score (nSPS) is 20.3. The molecule has 0 amide bonds. The third-order valence-electron chi connectivity index (χ3n) is 6.64. The van der Waals surface area contributed by atoms with Crippen molar-refractivity contribution in [3.63, 3.8) is 0 Å². The molecule has 1 saturated heterocycles. The van der Waals surface area contributed by atoms with E-state index in [0.717, 1.165) is 48.2 Å². The first-order chi connectivity index (χ1) is 15.6. The minimum atomic E-state index is 0.0573. The second-order valence-corrected chi connectivity index (χ2v) is 8.19. The first kappa shape index (κ1) is 21.9. The molecule has 0 bridgehead atoms. The summed E-state index contributed by atoms with van der Waals surface area (Å²) in [6.45, 7) is 0.920. The maximum Gasteiger partial charge on any atom is 0.161 e. The molecule has 6 heteroatoms. The van der Waals surface area contributed by atoms with Gasteiger partial charge in [0.2, 0.25) is 0 Å². The second kappa shape index (κ2) is 9.44. The molecule has 0 spiro atoms. The van der Waals surface area contributed by atoms with Crippen molar-refractivity contribution >= 4 is 5.57 Å². The van der Waals surface area contributed by atoms with Crippen LogP contribution in [0.4, 0.5) is 0 Å². The molecule has 2 aliphatic rings. The van der Waals surface area contributed by atoms with Gasteiger partial charge in [-0.1, -0.05) is 12.1 Å². The van der Waals surface area contributed by atoms with E-state index in [2.05, 4.69) is 17.0 Å². The SMILES string of the molecule is COc1ccc(C2=C(C#N)N3CCCC[C@@H]3C[C@@H]2c2ccc(OC)c(OC)c2)cc1OC. The number of piperidine rings is 1. The van der Waals surface area contributed by atoms with Crippen molar-refractivity contribution in [1.29, 1.82) is 5.26 Å². The van der Waals surface area contributed by atoms with Gasteiger partial charge in [-0.3, -0.25) is 0 Å². The molecule has 32 heavy (non-hydrogen) atoms. The van der Waals surface area contributed by atoms with E-state index in [9.17, 15) is 5.26 Å². The van der Waals surface area contributed by atoms with Crippen LogP contribution in [-0.2, 0) is 0 Å². The number of nitrogens with zero attached hydrogens (tertiary/aromatic N) is 2. The van der Waals surface area contributed by atoms with Crippen molar-refractivity contribution in [1.82, 2.24) is 4.90 Å². The number of nitriles is 1. The fraction of sp³-hybridized carbons (Fsp3) is 0.423. The number of hydrogen-bond acceptors (Lipinski definition) is 6. The van der Waals surface area contributed by atoms with Crippen molar-refractivity contribution in [3.8, 4) is 29.1 Å². The zero-order valence-corrected chi connectivity index (χ0v) is 19.2. The summed E-state index contributed by atoms with van der Waals surface area (Å²) in [5.41, 5.74) is 3.88. The average molecular weight is 435 g/mol. The molecular weight excluding hydrogens is 404 g/mol. The third kappa shape index (κ3) is 3.84. The van der Waals surface area contributed by atoms with Gasteiger partial charge in [0.05, 0.1) is 28.4 Å². The Morgan fingerprint density at radius 1 is 0.844 bits per heavy atom. The van der Waals surface area contributed by atoms with Gasteiger partial charge in [0.25, 0.3) is 0 Å². The first-order valence-electron chi connectivity index (χ1n) is 11.0.